The van der Waals surface area contributed by atoms with Gasteiger partial charge < -0.3 is 20.1 Å². The fraction of sp³-hybridized carbons (Fsp3) is 0.824. The molecule has 0 unspecified atom stereocenters. The molecule has 0 saturated heterocycles. The van der Waals surface area contributed by atoms with Crippen molar-refractivity contribution < 1.29 is 29.0 Å². The first-order valence-corrected chi connectivity index (χ1v) is 8.41. The van der Waals surface area contributed by atoms with Crippen molar-refractivity contribution in [3.8, 4) is 0 Å². The van der Waals surface area contributed by atoms with Gasteiger partial charge in [-0.2, -0.15) is 0 Å². The second-order valence-electron chi connectivity index (χ2n) is 7.72. The fourth-order valence-corrected chi connectivity index (χ4v) is 1.84. The highest BCUT2D eigenvalue weighted by Gasteiger charge is 2.26. The van der Waals surface area contributed by atoms with Gasteiger partial charge in [-0.05, 0) is 60.8 Å². The van der Waals surface area contributed by atoms with E-state index in [1.54, 1.807) is 41.5 Å². The van der Waals surface area contributed by atoms with Crippen LogP contribution in [0.1, 0.15) is 60.8 Å². The molecule has 0 aliphatic rings. The maximum absolute atomic E-state index is 12.1. The summed E-state index contributed by atoms with van der Waals surface area (Å²) in [6, 6.07) is -0.873. The minimum absolute atomic E-state index is 0.316. The minimum atomic E-state index is -0.945. The number of rotatable bonds is 8. The van der Waals surface area contributed by atoms with E-state index in [4.69, 9.17) is 9.47 Å². The Morgan fingerprint density at radius 3 is 1.96 bits per heavy atom. The van der Waals surface area contributed by atoms with Crippen molar-refractivity contribution in [1.29, 1.82) is 0 Å². The third-order valence-corrected chi connectivity index (χ3v) is 2.75. The van der Waals surface area contributed by atoms with Crippen LogP contribution in [0.15, 0.2) is 0 Å². The number of alkyl carbamates (subject to hydrolysis) is 1. The molecule has 145 valence electrons. The molecule has 0 rings (SSSR count). The fourth-order valence-electron chi connectivity index (χ4n) is 1.84. The third kappa shape index (κ3) is 13.2. The molecule has 8 heteroatoms. The highest BCUT2D eigenvalue weighted by molar-refractivity contribution is 5.85. The van der Waals surface area contributed by atoms with Crippen LogP contribution in [0.4, 0.5) is 4.79 Å². The third-order valence-electron chi connectivity index (χ3n) is 2.75. The van der Waals surface area contributed by atoms with Crippen molar-refractivity contribution in [3.63, 3.8) is 0 Å². The molecule has 0 heterocycles. The molecule has 1 atom stereocenters. The zero-order valence-corrected chi connectivity index (χ0v) is 16.1. The summed E-state index contributed by atoms with van der Waals surface area (Å²) in [4.78, 5) is 34.9. The number of esters is 1. The van der Waals surface area contributed by atoms with E-state index in [1.807, 2.05) is 0 Å². The van der Waals surface area contributed by atoms with Crippen molar-refractivity contribution in [2.75, 3.05) is 13.2 Å². The van der Waals surface area contributed by atoms with Gasteiger partial charge >= 0.3 is 12.1 Å². The lowest BCUT2D eigenvalue weighted by Gasteiger charge is -2.24. The molecule has 2 amide bonds. The van der Waals surface area contributed by atoms with E-state index in [1.165, 1.54) is 0 Å². The Labute approximate surface area is 149 Å². The number of amides is 2. The van der Waals surface area contributed by atoms with Crippen molar-refractivity contribution in [1.82, 2.24) is 10.6 Å². The Morgan fingerprint density at radius 1 is 0.920 bits per heavy atom. The van der Waals surface area contributed by atoms with Gasteiger partial charge in [0.05, 0.1) is 0 Å². The van der Waals surface area contributed by atoms with E-state index in [-0.39, 0.29) is 0 Å². The maximum atomic E-state index is 12.1. The first-order valence-electron chi connectivity index (χ1n) is 8.41. The second-order valence-corrected chi connectivity index (χ2v) is 7.72. The summed E-state index contributed by atoms with van der Waals surface area (Å²) >= 11 is 0. The van der Waals surface area contributed by atoms with Crippen LogP contribution >= 0.6 is 0 Å². The molecule has 0 bridgehead atoms. The van der Waals surface area contributed by atoms with Gasteiger partial charge in [0, 0.05) is 6.54 Å². The Bertz CT molecular complexity index is 451. The summed E-state index contributed by atoms with van der Waals surface area (Å²) in [7, 11) is 0. The van der Waals surface area contributed by atoms with Crippen LogP contribution in [0, 0.1) is 0 Å². The Kier molecular flexibility index (Phi) is 9.48. The number of nitrogens with one attached hydrogen (secondary N) is 2. The summed E-state index contributed by atoms with van der Waals surface area (Å²) in [5, 5.41) is 15.6. The van der Waals surface area contributed by atoms with Crippen LogP contribution in [0.3, 0.4) is 0 Å². The van der Waals surface area contributed by atoms with Gasteiger partial charge in [0.2, 0.25) is 5.91 Å². The molecule has 0 fully saturated rings. The normalized spacial score (nSPS) is 12.9. The van der Waals surface area contributed by atoms with Crippen LogP contribution in [0.2, 0.25) is 0 Å². The van der Waals surface area contributed by atoms with Gasteiger partial charge in [-0.3, -0.25) is 4.79 Å². The summed E-state index contributed by atoms with van der Waals surface area (Å²) in [5.74, 6) is -1.32. The quantitative estimate of drug-likeness (QED) is 0.508. The largest absolute Gasteiger partial charge is 0.458 e. The molecular weight excluding hydrogens is 328 g/mol. The topological polar surface area (TPSA) is 114 Å². The molecule has 8 nitrogen and oxygen atoms in total. The van der Waals surface area contributed by atoms with Crippen LogP contribution in [0.25, 0.3) is 0 Å². The average molecular weight is 359 g/mol. The van der Waals surface area contributed by atoms with Crippen molar-refractivity contribution in [2.24, 2.45) is 0 Å². The number of unbranched alkanes of at least 4 members (excludes halogenated alkanes) is 1. The van der Waals surface area contributed by atoms with Crippen LogP contribution in [-0.2, 0) is 24.2 Å². The summed E-state index contributed by atoms with van der Waals surface area (Å²) in [6.45, 7) is 9.93. The van der Waals surface area contributed by atoms with E-state index in [0.717, 1.165) is 0 Å². The number of hydrogen-bond donors (Lipinski definition) is 2. The number of hydrogen-bond acceptors (Lipinski definition) is 5. The second kappa shape index (κ2) is 10.2. The van der Waals surface area contributed by atoms with E-state index in [0.29, 0.717) is 25.8 Å². The molecule has 0 aliphatic carbocycles. The zero-order chi connectivity index (χ0) is 19.7. The van der Waals surface area contributed by atoms with Crippen molar-refractivity contribution in [2.45, 2.75) is 78.0 Å². The van der Waals surface area contributed by atoms with E-state index in [2.05, 4.69) is 10.6 Å². The zero-order valence-electron chi connectivity index (χ0n) is 16.1. The Hall–Kier alpha value is -1.83. The molecular formula is C17H31N2O6. The highest BCUT2D eigenvalue weighted by atomic mass is 16.6. The lowest BCUT2D eigenvalue weighted by molar-refractivity contribution is -0.159. The van der Waals surface area contributed by atoms with Gasteiger partial charge in [-0.25, -0.2) is 14.7 Å². The molecule has 0 aliphatic heterocycles. The van der Waals surface area contributed by atoms with Crippen LogP contribution in [-0.4, -0.2) is 48.4 Å². The van der Waals surface area contributed by atoms with E-state index >= 15 is 0 Å². The first-order chi connectivity index (χ1) is 11.3. The van der Waals surface area contributed by atoms with Crippen LogP contribution < -0.4 is 10.6 Å². The number of ether oxygens (including phenoxy) is 2. The summed E-state index contributed by atoms with van der Waals surface area (Å²) in [6.07, 6.45) is 0.956. The lowest BCUT2D eigenvalue weighted by atomic mass is 10.1. The molecule has 1 radical (unpaired) electrons. The predicted octanol–water partition coefficient (Wildman–Crippen LogP) is 1.94. The number of carbonyl (C=O) groups is 3. The van der Waals surface area contributed by atoms with Gasteiger partial charge in [-0.15, -0.1) is 0 Å². The molecule has 0 aromatic rings. The average Bonchev–Trinajstić information content (AvgIpc) is 2.41. The smallest absolute Gasteiger partial charge is 0.407 e. The van der Waals surface area contributed by atoms with Crippen molar-refractivity contribution >= 4 is 18.0 Å². The van der Waals surface area contributed by atoms with Crippen molar-refractivity contribution in [3.05, 3.63) is 0 Å². The van der Waals surface area contributed by atoms with E-state index < -0.39 is 41.8 Å². The predicted molar refractivity (Wildman–Crippen MR) is 91.4 cm³/mol. The summed E-state index contributed by atoms with van der Waals surface area (Å²) in [5.41, 5.74) is -1.25. The Morgan fingerprint density at radius 2 is 1.48 bits per heavy atom. The Balaban J connectivity index is 4.32. The standard InChI is InChI=1S/C17H31N2O6/c1-16(2,3)24-14(22)12(19-13(21)11-20)9-7-8-10-18-15(23)25-17(4,5)6/h12H,7-11H2,1-6H3,(H,18,23)(H,19,21)/t12-/m0/s1. The van der Waals surface area contributed by atoms with Crippen LogP contribution in [0.5, 0.6) is 0 Å². The monoisotopic (exact) mass is 359 g/mol. The van der Waals surface area contributed by atoms with E-state index in [9.17, 15) is 19.5 Å². The highest BCUT2D eigenvalue weighted by Crippen LogP contribution is 2.12. The molecule has 0 saturated carbocycles. The molecule has 0 aromatic carbocycles. The minimum Gasteiger partial charge on any atom is -0.458 e. The summed E-state index contributed by atoms with van der Waals surface area (Å²) < 4.78 is 10.4. The van der Waals surface area contributed by atoms with Gasteiger partial charge in [0.1, 0.15) is 17.2 Å². The molecule has 2 N–H and O–H groups in total. The lowest BCUT2D eigenvalue weighted by Crippen LogP contribution is -2.45. The first kappa shape index (κ1) is 23.2. The molecule has 0 aromatic heterocycles. The van der Waals surface area contributed by atoms with Gasteiger partial charge in [-0.1, -0.05) is 0 Å². The number of carbonyl (C=O) groups excluding carboxylic acids is 3. The van der Waals surface area contributed by atoms with Gasteiger partial charge in [0.15, 0.2) is 6.61 Å². The molecule has 25 heavy (non-hydrogen) atoms. The molecule has 0 spiro atoms. The maximum Gasteiger partial charge on any atom is 0.407 e. The SMILES string of the molecule is CC(C)(C)OC(=O)NCCCC[C@H](NC(=O)C[O])C(=O)OC(C)(C)C. The van der Waals surface area contributed by atoms with Gasteiger partial charge in [0.25, 0.3) is 0 Å².